The van der Waals surface area contributed by atoms with Crippen molar-refractivity contribution >= 4 is 39.8 Å². The zero-order chi connectivity index (χ0) is 18.8. The molecular formula is C21H19ClFN3O. The Balaban J connectivity index is 1.85. The van der Waals surface area contributed by atoms with Gasteiger partial charge in [0.15, 0.2) is 0 Å². The van der Waals surface area contributed by atoms with Gasteiger partial charge >= 0.3 is 0 Å². The lowest BCUT2D eigenvalue weighted by Crippen LogP contribution is -2.36. The highest BCUT2D eigenvalue weighted by molar-refractivity contribution is 6.33. The molecule has 1 saturated heterocycles. The summed E-state index contributed by atoms with van der Waals surface area (Å²) in [7, 11) is 0. The molecule has 4 nitrogen and oxygen atoms in total. The molecule has 1 amide bonds. The van der Waals surface area contributed by atoms with E-state index < -0.39 is 0 Å². The van der Waals surface area contributed by atoms with Crippen molar-refractivity contribution in [3.8, 4) is 0 Å². The number of rotatable bonds is 3. The van der Waals surface area contributed by atoms with E-state index in [1.807, 2.05) is 23.1 Å². The summed E-state index contributed by atoms with van der Waals surface area (Å²) < 4.78 is 13.9. The molecule has 1 aromatic heterocycles. The van der Waals surface area contributed by atoms with Crippen LogP contribution in [0.4, 0.5) is 15.8 Å². The smallest absolute Gasteiger partial charge is 0.257 e. The van der Waals surface area contributed by atoms with Crippen molar-refractivity contribution in [3.05, 3.63) is 65.1 Å². The first-order valence-electron chi connectivity index (χ1n) is 9.02. The van der Waals surface area contributed by atoms with E-state index >= 15 is 0 Å². The van der Waals surface area contributed by atoms with Crippen LogP contribution in [0.1, 0.15) is 29.6 Å². The van der Waals surface area contributed by atoms with Gasteiger partial charge in [0.2, 0.25) is 0 Å². The standard InChI is InChI=1S/C21H19ClFN3O/c22-17-6-2-3-7-19(17)25-20-15-12-14(23)8-9-18(15)24-13-16(20)21(27)26-10-4-1-5-11-26/h2-3,6-9,12-13H,1,4-5,10-11H2,(H,24,25). The van der Waals surface area contributed by atoms with E-state index in [-0.39, 0.29) is 11.7 Å². The minimum atomic E-state index is -0.380. The minimum absolute atomic E-state index is 0.0945. The average Bonchev–Trinajstić information content (AvgIpc) is 2.70. The number of aromatic nitrogens is 1. The maximum absolute atomic E-state index is 13.9. The van der Waals surface area contributed by atoms with Gasteiger partial charge in [-0.25, -0.2) is 4.39 Å². The topological polar surface area (TPSA) is 45.2 Å². The number of amides is 1. The Morgan fingerprint density at radius 2 is 1.89 bits per heavy atom. The molecule has 138 valence electrons. The van der Waals surface area contributed by atoms with Crippen LogP contribution >= 0.6 is 11.6 Å². The van der Waals surface area contributed by atoms with Crippen LogP contribution in [-0.4, -0.2) is 28.9 Å². The highest BCUT2D eigenvalue weighted by Crippen LogP contribution is 2.33. The Morgan fingerprint density at radius 3 is 2.67 bits per heavy atom. The second-order valence-corrected chi connectivity index (χ2v) is 7.07. The van der Waals surface area contributed by atoms with Crippen molar-refractivity contribution in [3.63, 3.8) is 0 Å². The maximum Gasteiger partial charge on any atom is 0.257 e. The molecule has 27 heavy (non-hydrogen) atoms. The zero-order valence-electron chi connectivity index (χ0n) is 14.7. The number of piperidine rings is 1. The Kier molecular flexibility index (Phi) is 4.94. The summed E-state index contributed by atoms with van der Waals surface area (Å²) in [5, 5.41) is 4.32. The van der Waals surface area contributed by atoms with Crippen molar-refractivity contribution in [2.45, 2.75) is 19.3 Å². The van der Waals surface area contributed by atoms with Crippen molar-refractivity contribution in [1.29, 1.82) is 0 Å². The van der Waals surface area contributed by atoms with Gasteiger partial charge in [-0.05, 0) is 49.6 Å². The molecule has 6 heteroatoms. The first-order valence-corrected chi connectivity index (χ1v) is 9.40. The number of hydrogen-bond acceptors (Lipinski definition) is 3. The van der Waals surface area contributed by atoms with Crippen LogP contribution in [0.3, 0.4) is 0 Å². The summed E-state index contributed by atoms with van der Waals surface area (Å²) in [5.41, 5.74) is 2.22. The number of fused-ring (bicyclic) bond motifs is 1. The summed E-state index contributed by atoms with van der Waals surface area (Å²) >= 11 is 6.29. The largest absolute Gasteiger partial charge is 0.353 e. The number of benzene rings is 2. The number of pyridine rings is 1. The molecule has 0 atom stereocenters. The van der Waals surface area contributed by atoms with Gasteiger partial charge in [0.1, 0.15) is 5.82 Å². The van der Waals surface area contributed by atoms with Crippen LogP contribution in [0, 0.1) is 5.82 Å². The average molecular weight is 384 g/mol. The minimum Gasteiger partial charge on any atom is -0.353 e. The van der Waals surface area contributed by atoms with Gasteiger partial charge in [-0.1, -0.05) is 23.7 Å². The Morgan fingerprint density at radius 1 is 1.11 bits per heavy atom. The Bertz CT molecular complexity index is 1000. The van der Waals surface area contributed by atoms with Gasteiger partial charge in [-0.2, -0.15) is 0 Å². The predicted molar refractivity (Wildman–Crippen MR) is 106 cm³/mol. The lowest BCUT2D eigenvalue weighted by atomic mass is 10.1. The SMILES string of the molecule is O=C(c1cnc2ccc(F)cc2c1Nc1ccccc1Cl)N1CCCCC1. The second kappa shape index (κ2) is 7.53. The highest BCUT2D eigenvalue weighted by atomic mass is 35.5. The maximum atomic E-state index is 13.9. The second-order valence-electron chi connectivity index (χ2n) is 6.67. The van der Waals surface area contributed by atoms with Crippen molar-refractivity contribution in [2.24, 2.45) is 0 Å². The number of halogens is 2. The third-order valence-corrected chi connectivity index (χ3v) is 5.17. The van der Waals surface area contributed by atoms with Gasteiger partial charge in [0.05, 0.1) is 27.5 Å². The molecule has 0 unspecified atom stereocenters. The predicted octanol–water partition coefficient (Wildman–Crippen LogP) is 5.40. The van der Waals surface area contributed by atoms with E-state index in [1.165, 1.54) is 12.1 Å². The van der Waals surface area contributed by atoms with Crippen LogP contribution < -0.4 is 5.32 Å². The van der Waals surface area contributed by atoms with Crippen LogP contribution in [0.5, 0.6) is 0 Å². The fourth-order valence-corrected chi connectivity index (χ4v) is 3.61. The molecule has 4 rings (SSSR count). The van der Waals surface area contributed by atoms with Crippen molar-refractivity contribution in [1.82, 2.24) is 9.88 Å². The number of carbonyl (C=O) groups is 1. The highest BCUT2D eigenvalue weighted by Gasteiger charge is 2.23. The molecule has 1 aliphatic heterocycles. The number of anilines is 2. The quantitative estimate of drug-likeness (QED) is 0.658. The van der Waals surface area contributed by atoms with Gasteiger partial charge in [-0.3, -0.25) is 9.78 Å². The van der Waals surface area contributed by atoms with E-state index in [0.717, 1.165) is 32.4 Å². The summed E-state index contributed by atoms with van der Waals surface area (Å²) in [6.45, 7) is 1.46. The number of para-hydroxylation sites is 1. The number of likely N-dealkylation sites (tertiary alicyclic amines) is 1. The molecule has 1 aliphatic rings. The molecule has 2 heterocycles. The van der Waals surface area contributed by atoms with Gasteiger partial charge < -0.3 is 10.2 Å². The van der Waals surface area contributed by atoms with Gasteiger partial charge in [-0.15, -0.1) is 0 Å². The number of hydrogen-bond donors (Lipinski definition) is 1. The normalized spacial score (nSPS) is 14.4. The first-order chi connectivity index (χ1) is 13.1. The number of nitrogens with zero attached hydrogens (tertiary/aromatic N) is 2. The molecule has 3 aromatic rings. The monoisotopic (exact) mass is 383 g/mol. The van der Waals surface area contributed by atoms with Crippen LogP contribution in [0.15, 0.2) is 48.7 Å². The van der Waals surface area contributed by atoms with Crippen LogP contribution in [-0.2, 0) is 0 Å². The number of nitrogens with one attached hydrogen (secondary N) is 1. The van der Waals surface area contributed by atoms with E-state index in [9.17, 15) is 9.18 Å². The third kappa shape index (κ3) is 3.60. The Hall–Kier alpha value is -2.66. The molecule has 2 aromatic carbocycles. The van der Waals surface area contributed by atoms with Crippen LogP contribution in [0.2, 0.25) is 5.02 Å². The van der Waals surface area contributed by atoms with Crippen molar-refractivity contribution < 1.29 is 9.18 Å². The fourth-order valence-electron chi connectivity index (χ4n) is 3.43. The van der Waals surface area contributed by atoms with Gasteiger partial charge in [0.25, 0.3) is 5.91 Å². The molecule has 0 radical (unpaired) electrons. The molecule has 0 spiro atoms. The Labute approximate surface area is 162 Å². The van der Waals surface area contributed by atoms with E-state index in [4.69, 9.17) is 11.6 Å². The molecule has 0 saturated carbocycles. The number of carbonyl (C=O) groups excluding carboxylic acids is 1. The molecular weight excluding hydrogens is 365 g/mol. The van der Waals surface area contributed by atoms with Gasteiger partial charge in [0, 0.05) is 24.7 Å². The lowest BCUT2D eigenvalue weighted by molar-refractivity contribution is 0.0725. The van der Waals surface area contributed by atoms with E-state index in [1.54, 1.807) is 18.3 Å². The third-order valence-electron chi connectivity index (χ3n) is 4.84. The van der Waals surface area contributed by atoms with E-state index in [2.05, 4.69) is 10.3 Å². The first kappa shape index (κ1) is 17.7. The van der Waals surface area contributed by atoms with Crippen molar-refractivity contribution in [2.75, 3.05) is 18.4 Å². The molecule has 1 N–H and O–H groups in total. The fraction of sp³-hybridized carbons (Fsp3) is 0.238. The summed E-state index contributed by atoms with van der Waals surface area (Å²) in [6, 6.07) is 11.6. The molecule has 0 aliphatic carbocycles. The summed E-state index contributed by atoms with van der Waals surface area (Å²) in [4.78, 5) is 19.4. The molecule has 0 bridgehead atoms. The molecule has 1 fully saturated rings. The zero-order valence-corrected chi connectivity index (χ0v) is 15.5. The van der Waals surface area contributed by atoms with Crippen LogP contribution in [0.25, 0.3) is 10.9 Å². The van der Waals surface area contributed by atoms with E-state index in [0.29, 0.717) is 32.9 Å². The summed E-state index contributed by atoms with van der Waals surface area (Å²) in [5.74, 6) is -0.475. The lowest BCUT2D eigenvalue weighted by Gasteiger charge is -2.27. The summed E-state index contributed by atoms with van der Waals surface area (Å²) in [6.07, 6.45) is 4.69.